The predicted molar refractivity (Wildman–Crippen MR) is 60.6 cm³/mol. The molecule has 1 heterocycles. The zero-order valence-corrected chi connectivity index (χ0v) is 9.68. The molecule has 0 saturated heterocycles. The Morgan fingerprint density at radius 1 is 1.25 bits per heavy atom. The number of sulfone groups is 1. The monoisotopic (exact) mass is 236 g/mol. The Morgan fingerprint density at radius 2 is 1.94 bits per heavy atom. The summed E-state index contributed by atoms with van der Waals surface area (Å²) in [5, 5.41) is 0. The first kappa shape index (κ1) is 10.9. The van der Waals surface area contributed by atoms with Crippen LogP contribution in [-0.4, -0.2) is 18.0 Å². The third-order valence-corrected chi connectivity index (χ3v) is 3.89. The second-order valence-electron chi connectivity index (χ2n) is 3.63. The van der Waals surface area contributed by atoms with Crippen LogP contribution in [-0.2, 0) is 15.7 Å². The highest BCUT2D eigenvalue weighted by Gasteiger charge is 2.14. The number of nitrogens with zero attached hydrogens (tertiary/aromatic N) is 2. The maximum Gasteiger partial charge on any atom is 0.196 e. The van der Waals surface area contributed by atoms with Crippen molar-refractivity contribution in [2.75, 3.05) is 0 Å². The Bertz CT molecular complexity index is 557. The molecule has 2 aromatic rings. The summed E-state index contributed by atoms with van der Waals surface area (Å²) >= 11 is 0. The number of aromatic nitrogens is 2. The molecule has 0 aliphatic heterocycles. The van der Waals surface area contributed by atoms with Gasteiger partial charge in [-0.2, -0.15) is 0 Å². The Balaban J connectivity index is 2.29. The van der Waals surface area contributed by atoms with Gasteiger partial charge in [0.1, 0.15) is 5.88 Å². The third kappa shape index (κ3) is 2.30. The van der Waals surface area contributed by atoms with E-state index in [1.54, 1.807) is 36.7 Å². The lowest BCUT2D eigenvalue weighted by atomic mass is 10.2. The smallest absolute Gasteiger partial charge is 0.196 e. The fourth-order valence-corrected chi connectivity index (χ4v) is 2.62. The molecule has 0 aliphatic rings. The van der Waals surface area contributed by atoms with E-state index in [4.69, 9.17) is 0 Å². The maximum absolute atomic E-state index is 12.0. The lowest BCUT2D eigenvalue weighted by molar-refractivity contribution is 0.584. The molecule has 2 rings (SSSR count). The van der Waals surface area contributed by atoms with Crippen LogP contribution in [0.25, 0.3) is 0 Å². The molecule has 0 amide bonds. The van der Waals surface area contributed by atoms with E-state index in [0.29, 0.717) is 4.90 Å². The molecule has 0 fully saturated rings. The van der Waals surface area contributed by atoms with Gasteiger partial charge in [-0.1, -0.05) is 17.7 Å². The van der Waals surface area contributed by atoms with E-state index >= 15 is 0 Å². The molecule has 0 unspecified atom stereocenters. The van der Waals surface area contributed by atoms with Crippen molar-refractivity contribution in [3.8, 4) is 0 Å². The lowest BCUT2D eigenvalue weighted by Crippen LogP contribution is -2.09. The van der Waals surface area contributed by atoms with Gasteiger partial charge in [0.25, 0.3) is 0 Å². The van der Waals surface area contributed by atoms with Gasteiger partial charge < -0.3 is 4.57 Å². The minimum atomic E-state index is -3.28. The minimum absolute atomic E-state index is 0.0734. The summed E-state index contributed by atoms with van der Waals surface area (Å²) in [7, 11) is -3.28. The van der Waals surface area contributed by atoms with Crippen molar-refractivity contribution in [2.45, 2.75) is 17.7 Å². The first-order valence-corrected chi connectivity index (χ1v) is 6.48. The first-order chi connectivity index (χ1) is 7.58. The summed E-state index contributed by atoms with van der Waals surface area (Å²) in [6, 6.07) is 6.84. The lowest BCUT2D eigenvalue weighted by Gasteiger charge is -2.05. The summed E-state index contributed by atoms with van der Waals surface area (Å²) in [4.78, 5) is 4.15. The summed E-state index contributed by atoms with van der Waals surface area (Å²) in [5.41, 5.74) is 1.04. The molecular formula is C11H12N2O2S. The number of hydrogen-bond donors (Lipinski definition) is 0. The number of aryl methyl sites for hydroxylation is 1. The number of benzene rings is 1. The van der Waals surface area contributed by atoms with Gasteiger partial charge in [0.15, 0.2) is 9.84 Å². The van der Waals surface area contributed by atoms with Crippen LogP contribution in [0.5, 0.6) is 0 Å². The van der Waals surface area contributed by atoms with Crippen molar-refractivity contribution in [1.29, 1.82) is 0 Å². The number of rotatable bonds is 3. The molecule has 5 heteroatoms. The van der Waals surface area contributed by atoms with Gasteiger partial charge in [-0.25, -0.2) is 13.4 Å². The molecule has 0 atom stereocenters. The van der Waals surface area contributed by atoms with E-state index < -0.39 is 9.84 Å². The van der Waals surface area contributed by atoms with Crippen LogP contribution in [0.4, 0.5) is 0 Å². The fourth-order valence-electron chi connectivity index (χ4n) is 1.38. The molecule has 4 nitrogen and oxygen atoms in total. The van der Waals surface area contributed by atoms with E-state index in [1.165, 1.54) is 10.9 Å². The zero-order valence-electron chi connectivity index (χ0n) is 8.87. The molecular weight excluding hydrogens is 224 g/mol. The Labute approximate surface area is 94.5 Å². The van der Waals surface area contributed by atoms with Crippen LogP contribution in [0.1, 0.15) is 5.56 Å². The van der Waals surface area contributed by atoms with Crippen LogP contribution in [0.15, 0.2) is 47.9 Å². The van der Waals surface area contributed by atoms with Gasteiger partial charge in [-0.3, -0.25) is 0 Å². The molecule has 0 spiro atoms. The van der Waals surface area contributed by atoms with Crippen molar-refractivity contribution in [3.63, 3.8) is 0 Å². The van der Waals surface area contributed by atoms with E-state index in [0.717, 1.165) is 5.56 Å². The molecule has 0 radical (unpaired) electrons. The van der Waals surface area contributed by atoms with Gasteiger partial charge in [-0.15, -0.1) is 0 Å². The highest BCUT2D eigenvalue weighted by Crippen LogP contribution is 2.13. The standard InChI is InChI=1S/C11H12N2O2S/c1-10-2-4-11(5-3-10)16(14,15)9-13-7-6-12-8-13/h2-8H,9H2,1H3. The Hall–Kier alpha value is -1.62. The highest BCUT2D eigenvalue weighted by atomic mass is 32.2. The average Bonchev–Trinajstić information content (AvgIpc) is 2.70. The van der Waals surface area contributed by atoms with Crippen LogP contribution >= 0.6 is 0 Å². The van der Waals surface area contributed by atoms with Crippen molar-refractivity contribution in [1.82, 2.24) is 9.55 Å². The zero-order chi connectivity index (χ0) is 11.6. The fraction of sp³-hybridized carbons (Fsp3) is 0.182. The van der Waals surface area contributed by atoms with Gasteiger partial charge in [0, 0.05) is 12.4 Å². The topological polar surface area (TPSA) is 52.0 Å². The predicted octanol–water partition coefficient (Wildman–Crippen LogP) is 1.62. The molecule has 84 valence electrons. The molecule has 0 aliphatic carbocycles. The molecule has 0 bridgehead atoms. The van der Waals surface area contributed by atoms with Gasteiger partial charge >= 0.3 is 0 Å². The van der Waals surface area contributed by atoms with Crippen molar-refractivity contribution in [3.05, 3.63) is 48.5 Å². The Kier molecular flexibility index (Phi) is 2.78. The molecule has 0 N–H and O–H groups in total. The second-order valence-corrected chi connectivity index (χ2v) is 5.59. The summed E-state index contributed by atoms with van der Waals surface area (Å²) < 4.78 is 25.5. The average molecular weight is 236 g/mol. The van der Waals surface area contributed by atoms with E-state index in [-0.39, 0.29) is 5.88 Å². The summed E-state index contributed by atoms with van der Waals surface area (Å²) in [5.74, 6) is -0.0734. The molecule has 1 aromatic carbocycles. The highest BCUT2D eigenvalue weighted by molar-refractivity contribution is 7.90. The minimum Gasteiger partial charge on any atom is -0.322 e. The van der Waals surface area contributed by atoms with Crippen LogP contribution in [0.2, 0.25) is 0 Å². The second kappa shape index (κ2) is 4.09. The summed E-state index contributed by atoms with van der Waals surface area (Å²) in [6.07, 6.45) is 4.68. The quantitative estimate of drug-likeness (QED) is 0.813. The molecule has 0 saturated carbocycles. The van der Waals surface area contributed by atoms with Crippen LogP contribution < -0.4 is 0 Å². The van der Waals surface area contributed by atoms with Crippen molar-refractivity contribution in [2.24, 2.45) is 0 Å². The van der Waals surface area contributed by atoms with E-state index in [2.05, 4.69) is 4.98 Å². The van der Waals surface area contributed by atoms with Crippen molar-refractivity contribution < 1.29 is 8.42 Å². The van der Waals surface area contributed by atoms with Crippen molar-refractivity contribution >= 4 is 9.84 Å². The first-order valence-electron chi connectivity index (χ1n) is 4.83. The van der Waals surface area contributed by atoms with E-state index in [1.807, 2.05) is 6.92 Å². The molecule has 16 heavy (non-hydrogen) atoms. The number of hydrogen-bond acceptors (Lipinski definition) is 3. The van der Waals surface area contributed by atoms with Gasteiger partial charge in [0.05, 0.1) is 11.2 Å². The van der Waals surface area contributed by atoms with Gasteiger partial charge in [0.2, 0.25) is 0 Å². The van der Waals surface area contributed by atoms with Gasteiger partial charge in [-0.05, 0) is 19.1 Å². The third-order valence-electron chi connectivity index (χ3n) is 2.26. The number of imidazole rings is 1. The largest absolute Gasteiger partial charge is 0.322 e. The molecule has 1 aromatic heterocycles. The van der Waals surface area contributed by atoms with Crippen LogP contribution in [0, 0.1) is 6.92 Å². The summed E-state index contributed by atoms with van der Waals surface area (Å²) in [6.45, 7) is 1.92. The van der Waals surface area contributed by atoms with Crippen LogP contribution in [0.3, 0.4) is 0 Å². The maximum atomic E-state index is 12.0. The SMILES string of the molecule is Cc1ccc(S(=O)(=O)Cn2ccnc2)cc1. The normalized spacial score (nSPS) is 11.6. The van der Waals surface area contributed by atoms with E-state index in [9.17, 15) is 8.42 Å². The Morgan fingerprint density at radius 3 is 2.50 bits per heavy atom.